The van der Waals surface area contributed by atoms with Gasteiger partial charge in [0.1, 0.15) is 0 Å². The maximum Gasteiger partial charge on any atom is 0.216 e. The Labute approximate surface area is 73.3 Å². The molecule has 0 aromatic heterocycles. The van der Waals surface area contributed by atoms with Crippen LogP contribution in [-0.2, 0) is 4.79 Å². The van der Waals surface area contributed by atoms with Crippen LogP contribution in [0.3, 0.4) is 0 Å². The molecular formula is C8H16ClNO. The van der Waals surface area contributed by atoms with E-state index in [0.717, 1.165) is 0 Å². The van der Waals surface area contributed by atoms with Crippen LogP contribution in [0.5, 0.6) is 0 Å². The zero-order valence-corrected chi connectivity index (χ0v) is 8.33. The Balaban J connectivity index is 3.70. The Morgan fingerprint density at radius 2 is 2.00 bits per heavy atom. The molecule has 1 N–H and O–H groups in total. The molecule has 3 heteroatoms. The highest BCUT2D eigenvalue weighted by Gasteiger charge is 2.21. The van der Waals surface area contributed by atoms with Crippen molar-refractivity contribution in [2.45, 2.75) is 33.1 Å². The quantitative estimate of drug-likeness (QED) is 0.641. The van der Waals surface area contributed by atoms with Crippen molar-refractivity contribution >= 4 is 17.5 Å². The van der Waals surface area contributed by atoms with Crippen LogP contribution in [-0.4, -0.2) is 17.8 Å². The molecule has 0 aliphatic heterocycles. The minimum absolute atomic E-state index is 0.00796. The van der Waals surface area contributed by atoms with Gasteiger partial charge in [-0.15, -0.1) is 11.6 Å². The lowest BCUT2D eigenvalue weighted by molar-refractivity contribution is -0.119. The first-order valence-electron chi connectivity index (χ1n) is 3.72. The molecule has 0 aromatic carbocycles. The van der Waals surface area contributed by atoms with Gasteiger partial charge in [0.25, 0.3) is 0 Å². The first kappa shape index (κ1) is 10.8. The fourth-order valence-electron chi connectivity index (χ4n) is 0.540. The molecular weight excluding hydrogens is 162 g/mol. The van der Waals surface area contributed by atoms with Gasteiger partial charge < -0.3 is 5.32 Å². The number of halogens is 1. The lowest BCUT2D eigenvalue weighted by atomic mass is 9.92. The summed E-state index contributed by atoms with van der Waals surface area (Å²) < 4.78 is 0. The molecule has 0 aliphatic rings. The third-order valence-corrected chi connectivity index (χ3v) is 2.28. The molecule has 11 heavy (non-hydrogen) atoms. The molecule has 0 bridgehead atoms. The second-order valence-corrected chi connectivity index (χ2v) is 4.30. The van der Waals surface area contributed by atoms with E-state index < -0.39 is 0 Å². The summed E-state index contributed by atoms with van der Waals surface area (Å²) in [5.74, 6) is -0.0279. The Hall–Kier alpha value is -0.240. The highest BCUT2D eigenvalue weighted by Crippen LogP contribution is 2.23. The van der Waals surface area contributed by atoms with Crippen molar-refractivity contribution in [1.29, 1.82) is 0 Å². The Morgan fingerprint density at radius 1 is 1.55 bits per heavy atom. The number of carbonyl (C=O) groups excluding carboxylic acids is 1. The lowest BCUT2D eigenvalue weighted by Gasteiger charge is -2.24. The van der Waals surface area contributed by atoms with Crippen molar-refractivity contribution in [3.8, 4) is 0 Å². The van der Waals surface area contributed by atoms with Gasteiger partial charge in [0.2, 0.25) is 5.91 Å². The van der Waals surface area contributed by atoms with E-state index in [2.05, 4.69) is 5.32 Å². The van der Waals surface area contributed by atoms with Crippen LogP contribution in [0.2, 0.25) is 0 Å². The van der Waals surface area contributed by atoms with Crippen LogP contribution >= 0.6 is 11.6 Å². The van der Waals surface area contributed by atoms with Gasteiger partial charge in [0.05, 0.1) is 5.38 Å². The molecule has 1 atom stereocenters. The predicted octanol–water partition coefficient (Wildman–Crippen LogP) is 1.78. The number of hydrogen-bond acceptors (Lipinski definition) is 1. The van der Waals surface area contributed by atoms with E-state index in [-0.39, 0.29) is 16.7 Å². The van der Waals surface area contributed by atoms with Crippen LogP contribution in [0.25, 0.3) is 0 Å². The van der Waals surface area contributed by atoms with Crippen LogP contribution < -0.4 is 5.32 Å². The van der Waals surface area contributed by atoms with Gasteiger partial charge in [0, 0.05) is 13.5 Å². The topological polar surface area (TPSA) is 29.1 Å². The number of amides is 1. The monoisotopic (exact) mass is 177 g/mol. The number of carbonyl (C=O) groups is 1. The predicted molar refractivity (Wildman–Crippen MR) is 47.8 cm³/mol. The van der Waals surface area contributed by atoms with E-state index in [1.165, 1.54) is 6.92 Å². The van der Waals surface area contributed by atoms with Crippen molar-refractivity contribution in [1.82, 2.24) is 5.32 Å². The molecule has 2 nitrogen and oxygen atoms in total. The van der Waals surface area contributed by atoms with E-state index in [4.69, 9.17) is 11.6 Å². The minimum atomic E-state index is -0.0279. The summed E-state index contributed by atoms with van der Waals surface area (Å²) in [6.45, 7) is 8.18. The fourth-order valence-corrected chi connectivity index (χ4v) is 0.617. The maximum absolute atomic E-state index is 10.5. The molecule has 0 aliphatic carbocycles. The standard InChI is InChI=1S/C8H16ClNO/c1-6(11)10-5-7(9)8(2,3)4/h7H,5H2,1-4H3,(H,10,11). The molecule has 0 saturated carbocycles. The molecule has 0 fully saturated rings. The van der Waals surface area contributed by atoms with Gasteiger partial charge in [-0.25, -0.2) is 0 Å². The normalized spacial score (nSPS) is 14.3. The van der Waals surface area contributed by atoms with Crippen LogP contribution in [0, 0.1) is 5.41 Å². The summed E-state index contributed by atoms with van der Waals surface area (Å²) in [7, 11) is 0. The molecule has 0 radical (unpaired) electrons. The van der Waals surface area contributed by atoms with Crippen LogP contribution in [0.4, 0.5) is 0 Å². The molecule has 0 saturated heterocycles. The average Bonchev–Trinajstić information content (AvgIpc) is 1.80. The van der Waals surface area contributed by atoms with Crippen LogP contribution in [0.15, 0.2) is 0 Å². The Morgan fingerprint density at radius 3 is 2.27 bits per heavy atom. The van der Waals surface area contributed by atoms with Crippen molar-refractivity contribution in [3.63, 3.8) is 0 Å². The molecule has 66 valence electrons. The van der Waals surface area contributed by atoms with Crippen molar-refractivity contribution in [3.05, 3.63) is 0 Å². The Kier molecular flexibility index (Phi) is 3.87. The third kappa shape index (κ3) is 5.08. The third-order valence-electron chi connectivity index (χ3n) is 1.47. The number of nitrogens with one attached hydrogen (secondary N) is 1. The van der Waals surface area contributed by atoms with E-state index in [9.17, 15) is 4.79 Å². The highest BCUT2D eigenvalue weighted by atomic mass is 35.5. The summed E-state index contributed by atoms with van der Waals surface area (Å²) in [6.07, 6.45) is 0. The summed E-state index contributed by atoms with van der Waals surface area (Å²) in [5, 5.41) is 2.67. The van der Waals surface area contributed by atoms with E-state index >= 15 is 0 Å². The van der Waals surface area contributed by atoms with Gasteiger partial charge in [-0.2, -0.15) is 0 Å². The van der Waals surface area contributed by atoms with E-state index in [1.807, 2.05) is 20.8 Å². The molecule has 1 amide bonds. The second kappa shape index (κ2) is 3.96. The number of hydrogen-bond donors (Lipinski definition) is 1. The highest BCUT2D eigenvalue weighted by molar-refractivity contribution is 6.21. The maximum atomic E-state index is 10.5. The van der Waals surface area contributed by atoms with Gasteiger partial charge in [-0.1, -0.05) is 20.8 Å². The van der Waals surface area contributed by atoms with Crippen molar-refractivity contribution < 1.29 is 4.79 Å². The SMILES string of the molecule is CC(=O)NCC(Cl)C(C)(C)C. The van der Waals surface area contributed by atoms with Gasteiger partial charge in [0.15, 0.2) is 0 Å². The average molecular weight is 178 g/mol. The lowest BCUT2D eigenvalue weighted by Crippen LogP contribution is -2.34. The molecule has 1 unspecified atom stereocenters. The molecule has 0 heterocycles. The van der Waals surface area contributed by atoms with Gasteiger partial charge in [-0.05, 0) is 5.41 Å². The van der Waals surface area contributed by atoms with E-state index in [0.29, 0.717) is 6.54 Å². The summed E-state index contributed by atoms with van der Waals surface area (Å²) in [6, 6.07) is 0. The minimum Gasteiger partial charge on any atom is -0.355 e. The number of alkyl halides is 1. The molecule has 0 rings (SSSR count). The summed E-state index contributed by atoms with van der Waals surface area (Å²) >= 11 is 5.99. The summed E-state index contributed by atoms with van der Waals surface area (Å²) in [4.78, 5) is 10.5. The van der Waals surface area contributed by atoms with Crippen molar-refractivity contribution in [2.24, 2.45) is 5.41 Å². The molecule has 0 aromatic rings. The largest absolute Gasteiger partial charge is 0.355 e. The van der Waals surface area contributed by atoms with Gasteiger partial charge in [-0.3, -0.25) is 4.79 Å². The van der Waals surface area contributed by atoms with E-state index in [1.54, 1.807) is 0 Å². The van der Waals surface area contributed by atoms with Crippen LogP contribution in [0.1, 0.15) is 27.7 Å². The Bertz CT molecular complexity index is 140. The first-order chi connectivity index (χ1) is 4.84. The molecule has 0 spiro atoms. The van der Waals surface area contributed by atoms with Gasteiger partial charge >= 0.3 is 0 Å². The zero-order valence-electron chi connectivity index (χ0n) is 7.57. The fraction of sp³-hybridized carbons (Fsp3) is 0.875. The zero-order chi connectivity index (χ0) is 9.07. The first-order valence-corrected chi connectivity index (χ1v) is 4.16. The number of rotatable bonds is 2. The van der Waals surface area contributed by atoms with Crippen molar-refractivity contribution in [2.75, 3.05) is 6.54 Å². The summed E-state index contributed by atoms with van der Waals surface area (Å²) in [5.41, 5.74) is 0.0456. The second-order valence-electron chi connectivity index (χ2n) is 3.77. The smallest absolute Gasteiger partial charge is 0.216 e.